The van der Waals surface area contributed by atoms with Crippen LogP contribution in [0, 0.1) is 6.92 Å². The number of imide groups is 1. The molecule has 0 aliphatic carbocycles. The van der Waals surface area contributed by atoms with E-state index in [1.54, 1.807) is 37.3 Å². The molecule has 0 bridgehead atoms. The van der Waals surface area contributed by atoms with Crippen LogP contribution in [0.3, 0.4) is 0 Å². The van der Waals surface area contributed by atoms with Gasteiger partial charge in [-0.1, -0.05) is 18.2 Å². The van der Waals surface area contributed by atoms with Crippen molar-refractivity contribution in [3.05, 3.63) is 46.4 Å². The number of fused-ring (bicyclic) bond motifs is 1. The van der Waals surface area contributed by atoms with Crippen LogP contribution in [0.1, 0.15) is 5.69 Å². The lowest BCUT2D eigenvalue weighted by Gasteiger charge is -2.29. The van der Waals surface area contributed by atoms with E-state index in [4.69, 9.17) is 0 Å². The maximum absolute atomic E-state index is 13.0. The zero-order valence-corrected chi connectivity index (χ0v) is 19.7. The van der Waals surface area contributed by atoms with Crippen LogP contribution in [0.2, 0.25) is 0 Å². The first-order chi connectivity index (χ1) is 15.6. The summed E-state index contributed by atoms with van der Waals surface area (Å²) >= 11 is 1.13. The maximum Gasteiger partial charge on any atom is 0.358 e. The molecule has 0 saturated carbocycles. The molecule has 12 heteroatoms. The van der Waals surface area contributed by atoms with Gasteiger partial charge in [-0.15, -0.1) is 0 Å². The number of para-hydroxylation sites is 1. The number of urea groups is 1. The Morgan fingerprint density at radius 2 is 1.79 bits per heavy atom. The third-order valence-corrected chi connectivity index (χ3v) is 6.82. The van der Waals surface area contributed by atoms with Gasteiger partial charge in [-0.3, -0.25) is 28.9 Å². The van der Waals surface area contributed by atoms with Crippen molar-refractivity contribution >= 4 is 46.3 Å². The van der Waals surface area contributed by atoms with E-state index in [1.165, 1.54) is 16.6 Å². The third kappa shape index (κ3) is 3.65. The smallest absolute Gasteiger partial charge is 0.319 e. The Balaban J connectivity index is 1.51. The standard InChI is InChI=1S/C21H23N7O4S/c1-12-15(18(30)28(27(12)5)13-9-7-6-8-10-13)22-14(29)11-33-20-23-17-16(24(20)2)19(31)26(4)21(32)25(17)3/h6-10,16H,11H2,1-5H3/p+1. The van der Waals surface area contributed by atoms with Crippen LogP contribution in [-0.2, 0) is 16.6 Å². The summed E-state index contributed by atoms with van der Waals surface area (Å²) in [6, 6.07) is 7.99. The Bertz CT molecular complexity index is 1290. The Labute approximate surface area is 194 Å². The number of nitrogens with zero attached hydrogens (tertiary/aromatic N) is 6. The predicted octanol–water partition coefficient (Wildman–Crippen LogP) is 0.459. The number of rotatable bonds is 4. The van der Waals surface area contributed by atoms with Gasteiger partial charge in [0.25, 0.3) is 23.3 Å². The van der Waals surface area contributed by atoms with Gasteiger partial charge in [0, 0.05) is 21.1 Å². The van der Waals surface area contributed by atoms with Gasteiger partial charge < -0.3 is 5.32 Å². The molecule has 1 aromatic carbocycles. The van der Waals surface area contributed by atoms with Gasteiger partial charge in [-0.05, 0) is 35.8 Å². The minimum atomic E-state index is -0.710. The number of likely N-dealkylation sites (N-methyl/N-ethyl adjacent to an activating group) is 3. The van der Waals surface area contributed by atoms with Gasteiger partial charge in [0.2, 0.25) is 5.91 Å². The lowest BCUT2D eigenvalue weighted by molar-refractivity contribution is -0.502. The minimum absolute atomic E-state index is 0.0238. The van der Waals surface area contributed by atoms with Crippen molar-refractivity contribution in [1.82, 2.24) is 19.2 Å². The molecule has 172 valence electrons. The second kappa shape index (κ2) is 8.35. The largest absolute Gasteiger partial charge is 0.358 e. The highest BCUT2D eigenvalue weighted by Crippen LogP contribution is 2.22. The van der Waals surface area contributed by atoms with E-state index < -0.39 is 12.1 Å². The number of carbonyl (C=O) groups excluding carboxylic acids is 3. The van der Waals surface area contributed by atoms with E-state index >= 15 is 0 Å². The summed E-state index contributed by atoms with van der Waals surface area (Å²) < 4.78 is 4.82. The summed E-state index contributed by atoms with van der Waals surface area (Å²) in [5.41, 5.74) is 1.19. The van der Waals surface area contributed by atoms with Crippen LogP contribution in [-0.4, -0.2) is 85.5 Å². The molecule has 1 atom stereocenters. The molecule has 33 heavy (non-hydrogen) atoms. The van der Waals surface area contributed by atoms with E-state index in [2.05, 4.69) is 10.3 Å². The number of amidine groups is 2. The molecule has 2 aliphatic rings. The van der Waals surface area contributed by atoms with Crippen LogP contribution in [0.25, 0.3) is 5.69 Å². The molecule has 1 N–H and O–H groups in total. The fraction of sp³-hybridized carbons (Fsp3) is 0.333. The molecule has 4 rings (SSSR count). The Kier molecular flexibility index (Phi) is 5.70. The number of amides is 4. The molecular weight excluding hydrogens is 446 g/mol. The predicted molar refractivity (Wildman–Crippen MR) is 125 cm³/mol. The molecular formula is C21H24N7O4S+. The highest BCUT2D eigenvalue weighted by molar-refractivity contribution is 8.14. The number of thioether (sulfide) groups is 1. The number of aliphatic imine (C=N–C) groups is 1. The molecule has 0 spiro atoms. The van der Waals surface area contributed by atoms with Gasteiger partial charge in [-0.25, -0.2) is 14.1 Å². The lowest BCUT2D eigenvalue weighted by Crippen LogP contribution is -2.61. The number of carbonyl (C=O) groups is 3. The zero-order valence-electron chi connectivity index (χ0n) is 18.9. The van der Waals surface area contributed by atoms with Crippen LogP contribution >= 0.6 is 11.8 Å². The fourth-order valence-corrected chi connectivity index (χ4v) is 4.61. The fourth-order valence-electron chi connectivity index (χ4n) is 3.81. The monoisotopic (exact) mass is 470 g/mol. The highest BCUT2D eigenvalue weighted by atomic mass is 32.2. The number of hydrogen-bond acceptors (Lipinski definition) is 6. The average molecular weight is 471 g/mol. The van der Waals surface area contributed by atoms with Gasteiger partial charge in [0.1, 0.15) is 5.69 Å². The number of benzene rings is 1. The van der Waals surface area contributed by atoms with Gasteiger partial charge in [0.05, 0.1) is 24.2 Å². The Morgan fingerprint density at radius 3 is 2.45 bits per heavy atom. The SMILES string of the molecule is Cc1c(NC(=O)CSC2=[N+](C)C3C(=O)N(C)C(=O)N(C)C3=N2)c(=O)n(-c2ccccc2)n1C. The Hall–Kier alpha value is -3.67. The number of nitrogens with one attached hydrogen (secondary N) is 1. The molecule has 1 fully saturated rings. The minimum Gasteiger partial charge on any atom is -0.319 e. The van der Waals surface area contributed by atoms with Crippen LogP contribution in [0.5, 0.6) is 0 Å². The highest BCUT2D eigenvalue weighted by Gasteiger charge is 2.52. The van der Waals surface area contributed by atoms with E-state index in [0.717, 1.165) is 16.7 Å². The van der Waals surface area contributed by atoms with Crippen molar-refractivity contribution in [2.75, 3.05) is 32.2 Å². The van der Waals surface area contributed by atoms with Gasteiger partial charge >= 0.3 is 11.2 Å². The zero-order chi connectivity index (χ0) is 24.0. The van der Waals surface area contributed by atoms with Crippen molar-refractivity contribution in [2.45, 2.75) is 13.0 Å². The summed E-state index contributed by atoms with van der Waals surface area (Å²) in [6.07, 6.45) is 0. The molecule has 0 radical (unpaired) electrons. The topological polar surface area (TPSA) is 112 Å². The molecule has 1 unspecified atom stereocenters. The second-order valence-corrected chi connectivity index (χ2v) is 8.72. The van der Waals surface area contributed by atoms with E-state index in [-0.39, 0.29) is 28.8 Å². The van der Waals surface area contributed by atoms with Crippen LogP contribution in [0.15, 0.2) is 40.1 Å². The van der Waals surface area contributed by atoms with E-state index in [9.17, 15) is 19.2 Å². The third-order valence-electron chi connectivity index (χ3n) is 5.78. The molecule has 4 amide bonds. The molecule has 1 aromatic heterocycles. The Morgan fingerprint density at radius 1 is 1.12 bits per heavy atom. The maximum atomic E-state index is 13.0. The first-order valence-corrected chi connectivity index (χ1v) is 11.1. The van der Waals surface area contributed by atoms with Crippen LogP contribution < -0.4 is 10.9 Å². The van der Waals surface area contributed by atoms with E-state index in [0.29, 0.717) is 22.4 Å². The molecule has 1 saturated heterocycles. The van der Waals surface area contributed by atoms with Crippen molar-refractivity contribution in [1.29, 1.82) is 0 Å². The first kappa shape index (κ1) is 22.5. The summed E-state index contributed by atoms with van der Waals surface area (Å²) in [5.74, 6) is -0.446. The lowest BCUT2D eigenvalue weighted by atomic mass is 10.2. The van der Waals surface area contributed by atoms with Crippen molar-refractivity contribution < 1.29 is 19.0 Å². The number of anilines is 1. The summed E-state index contributed by atoms with van der Waals surface area (Å²) in [4.78, 5) is 57.1. The number of hydrogen-bond donors (Lipinski definition) is 1. The van der Waals surface area contributed by atoms with Crippen LogP contribution in [0.4, 0.5) is 10.5 Å². The second-order valence-electron chi connectivity index (χ2n) is 7.78. The van der Waals surface area contributed by atoms with Gasteiger partial charge in [0.15, 0.2) is 0 Å². The van der Waals surface area contributed by atoms with E-state index in [1.807, 2.05) is 30.3 Å². The van der Waals surface area contributed by atoms with Crippen molar-refractivity contribution in [2.24, 2.45) is 12.0 Å². The molecule has 2 aliphatic heterocycles. The summed E-state index contributed by atoms with van der Waals surface area (Å²) in [6.45, 7) is 1.76. The van der Waals surface area contributed by atoms with Crippen molar-refractivity contribution in [3.63, 3.8) is 0 Å². The first-order valence-electron chi connectivity index (χ1n) is 10.1. The average Bonchev–Trinajstić information content (AvgIpc) is 3.24. The molecule has 2 aromatic rings. The quantitative estimate of drug-likeness (QED) is 0.653. The van der Waals surface area contributed by atoms with Crippen molar-refractivity contribution in [3.8, 4) is 5.69 Å². The normalized spacial score (nSPS) is 18.1. The number of aromatic nitrogens is 2. The summed E-state index contributed by atoms with van der Waals surface area (Å²) in [7, 11) is 6.42. The van der Waals surface area contributed by atoms with Gasteiger partial charge in [-0.2, -0.15) is 0 Å². The molecule has 3 heterocycles. The summed E-state index contributed by atoms with van der Waals surface area (Å²) in [5, 5.41) is 3.15. The molecule has 11 nitrogen and oxygen atoms in total.